The molecule has 0 aliphatic heterocycles. The second kappa shape index (κ2) is 6.07. The highest BCUT2D eigenvalue weighted by Gasteiger charge is 2.12. The van der Waals surface area contributed by atoms with Crippen LogP contribution in [0.25, 0.3) is 0 Å². The van der Waals surface area contributed by atoms with Gasteiger partial charge in [0.2, 0.25) is 0 Å². The van der Waals surface area contributed by atoms with Crippen LogP contribution >= 0.6 is 43.5 Å². The molecule has 0 heterocycles. The molecule has 2 aromatic carbocycles. The first-order chi connectivity index (χ1) is 8.97. The van der Waals surface area contributed by atoms with Crippen LogP contribution in [0.15, 0.2) is 45.3 Å². The molecule has 19 heavy (non-hydrogen) atoms. The van der Waals surface area contributed by atoms with E-state index in [1.165, 1.54) is 0 Å². The van der Waals surface area contributed by atoms with Gasteiger partial charge < -0.3 is 5.32 Å². The molecule has 2 aromatic rings. The number of benzene rings is 2. The largest absolute Gasteiger partial charge is 0.321 e. The van der Waals surface area contributed by atoms with Gasteiger partial charge in [0.15, 0.2) is 0 Å². The Labute approximate surface area is 133 Å². The number of hydrogen-bond acceptors (Lipinski definition) is 1. The molecule has 0 fully saturated rings. The maximum atomic E-state index is 12.2. The van der Waals surface area contributed by atoms with Crippen molar-refractivity contribution in [3.05, 3.63) is 61.5 Å². The Balaban J connectivity index is 2.30. The fourth-order valence-electron chi connectivity index (χ4n) is 1.60. The first-order valence-corrected chi connectivity index (χ1v) is 7.46. The normalized spacial score (nSPS) is 10.3. The average Bonchev–Trinajstić information content (AvgIpc) is 2.36. The van der Waals surface area contributed by atoms with Crippen molar-refractivity contribution >= 4 is 55.1 Å². The van der Waals surface area contributed by atoms with Crippen LogP contribution in [0.5, 0.6) is 0 Å². The minimum absolute atomic E-state index is 0.208. The second-order valence-electron chi connectivity index (χ2n) is 4.06. The third-order valence-corrected chi connectivity index (χ3v) is 4.06. The summed E-state index contributed by atoms with van der Waals surface area (Å²) >= 11 is 12.8. The Hall–Kier alpha value is -0.840. The van der Waals surface area contributed by atoms with Crippen molar-refractivity contribution in [2.75, 3.05) is 5.32 Å². The van der Waals surface area contributed by atoms with Crippen molar-refractivity contribution in [1.82, 2.24) is 0 Å². The predicted octanol–water partition coefficient (Wildman–Crippen LogP) is 5.43. The lowest BCUT2D eigenvalue weighted by Gasteiger charge is -2.09. The van der Waals surface area contributed by atoms with Crippen LogP contribution in [0.2, 0.25) is 5.02 Å². The Morgan fingerprint density at radius 1 is 1.16 bits per heavy atom. The van der Waals surface area contributed by atoms with Gasteiger partial charge in [-0.1, -0.05) is 33.6 Å². The fourth-order valence-corrected chi connectivity index (χ4v) is 2.55. The molecule has 1 amide bonds. The smallest absolute Gasteiger partial charge is 0.256 e. The summed E-state index contributed by atoms with van der Waals surface area (Å²) in [5.74, 6) is -0.208. The zero-order chi connectivity index (χ0) is 14.0. The first kappa shape index (κ1) is 14.6. The lowest BCUT2D eigenvalue weighted by atomic mass is 10.2. The number of carbonyl (C=O) groups is 1. The van der Waals surface area contributed by atoms with Crippen LogP contribution < -0.4 is 5.32 Å². The number of nitrogens with one attached hydrogen (secondary N) is 1. The molecular formula is C14H10Br2ClNO. The van der Waals surface area contributed by atoms with E-state index in [0.29, 0.717) is 16.3 Å². The monoisotopic (exact) mass is 401 g/mol. The summed E-state index contributed by atoms with van der Waals surface area (Å²) in [5, 5.41) is 3.33. The van der Waals surface area contributed by atoms with Crippen molar-refractivity contribution in [1.29, 1.82) is 0 Å². The highest BCUT2D eigenvalue weighted by Crippen LogP contribution is 2.26. The van der Waals surface area contributed by atoms with Crippen LogP contribution in [-0.2, 0) is 0 Å². The summed E-state index contributed by atoms with van der Waals surface area (Å²) in [5.41, 5.74) is 2.19. The van der Waals surface area contributed by atoms with Crippen LogP contribution in [-0.4, -0.2) is 5.91 Å². The quantitative estimate of drug-likeness (QED) is 0.712. The van der Waals surface area contributed by atoms with Gasteiger partial charge in [-0.2, -0.15) is 0 Å². The van der Waals surface area contributed by atoms with Crippen LogP contribution in [0, 0.1) is 6.92 Å². The van der Waals surface area contributed by atoms with Crippen LogP contribution in [0.3, 0.4) is 0 Å². The summed E-state index contributed by atoms with van der Waals surface area (Å²) in [7, 11) is 0. The van der Waals surface area contributed by atoms with Crippen LogP contribution in [0.1, 0.15) is 15.9 Å². The summed E-state index contributed by atoms with van der Waals surface area (Å²) in [6, 6.07) is 10.9. The van der Waals surface area contributed by atoms with Gasteiger partial charge in [-0.15, -0.1) is 0 Å². The van der Waals surface area contributed by atoms with E-state index in [4.69, 9.17) is 11.6 Å². The molecule has 2 nitrogen and oxygen atoms in total. The first-order valence-electron chi connectivity index (χ1n) is 5.50. The SMILES string of the molecule is Cc1ccc(Cl)c(NC(=O)c2cc(Br)ccc2Br)c1. The third-order valence-electron chi connectivity index (χ3n) is 2.54. The average molecular weight is 404 g/mol. The highest BCUT2D eigenvalue weighted by molar-refractivity contribution is 9.11. The number of carbonyl (C=O) groups excluding carboxylic acids is 1. The second-order valence-corrected chi connectivity index (χ2v) is 6.24. The zero-order valence-electron chi connectivity index (χ0n) is 10.0. The fraction of sp³-hybridized carbons (Fsp3) is 0.0714. The van der Waals surface area contributed by atoms with Gasteiger partial charge in [-0.05, 0) is 58.7 Å². The van der Waals surface area contributed by atoms with Gasteiger partial charge in [0, 0.05) is 8.95 Å². The third kappa shape index (κ3) is 3.59. The van der Waals surface area contributed by atoms with E-state index >= 15 is 0 Å². The maximum absolute atomic E-state index is 12.2. The number of hydrogen-bond donors (Lipinski definition) is 1. The van der Waals surface area contributed by atoms with Gasteiger partial charge in [0.05, 0.1) is 16.3 Å². The Morgan fingerprint density at radius 2 is 1.89 bits per heavy atom. The van der Waals surface area contributed by atoms with E-state index in [-0.39, 0.29) is 5.91 Å². The van der Waals surface area contributed by atoms with Gasteiger partial charge in [-0.25, -0.2) is 0 Å². The molecule has 0 aromatic heterocycles. The van der Waals surface area contributed by atoms with E-state index in [1.807, 2.05) is 31.2 Å². The molecule has 0 aliphatic rings. The Morgan fingerprint density at radius 3 is 2.63 bits per heavy atom. The molecule has 0 atom stereocenters. The zero-order valence-corrected chi connectivity index (χ0v) is 13.9. The molecule has 0 aliphatic carbocycles. The van der Waals surface area contributed by atoms with Gasteiger partial charge in [0.1, 0.15) is 0 Å². The molecule has 0 unspecified atom stereocenters. The molecule has 0 bridgehead atoms. The molecule has 0 saturated carbocycles. The summed E-state index contributed by atoms with van der Waals surface area (Å²) in [4.78, 5) is 12.2. The highest BCUT2D eigenvalue weighted by atomic mass is 79.9. The Bertz CT molecular complexity index is 643. The van der Waals surface area contributed by atoms with E-state index in [2.05, 4.69) is 37.2 Å². The molecule has 2 rings (SSSR count). The van der Waals surface area contributed by atoms with Gasteiger partial charge in [0.25, 0.3) is 5.91 Å². The number of halogens is 3. The van der Waals surface area contributed by atoms with E-state index in [1.54, 1.807) is 12.1 Å². The molecule has 0 spiro atoms. The van der Waals surface area contributed by atoms with E-state index in [9.17, 15) is 4.79 Å². The Kier molecular flexibility index (Phi) is 4.66. The van der Waals surface area contributed by atoms with Crippen LogP contribution in [0.4, 0.5) is 5.69 Å². The predicted molar refractivity (Wildman–Crippen MR) is 86.0 cm³/mol. The number of rotatable bonds is 2. The summed E-state index contributed by atoms with van der Waals surface area (Å²) in [6.45, 7) is 1.95. The van der Waals surface area contributed by atoms with Crippen molar-refractivity contribution in [2.24, 2.45) is 0 Å². The maximum Gasteiger partial charge on any atom is 0.256 e. The van der Waals surface area contributed by atoms with Crippen molar-refractivity contribution in [3.63, 3.8) is 0 Å². The molecule has 98 valence electrons. The lowest BCUT2D eigenvalue weighted by molar-refractivity contribution is 0.102. The van der Waals surface area contributed by atoms with Gasteiger partial charge in [-0.3, -0.25) is 4.79 Å². The van der Waals surface area contributed by atoms with Gasteiger partial charge >= 0.3 is 0 Å². The van der Waals surface area contributed by atoms with E-state index < -0.39 is 0 Å². The molecular weight excluding hydrogens is 393 g/mol. The molecule has 0 saturated heterocycles. The number of anilines is 1. The minimum Gasteiger partial charge on any atom is -0.321 e. The molecule has 5 heteroatoms. The minimum atomic E-state index is -0.208. The van der Waals surface area contributed by atoms with Crippen molar-refractivity contribution in [2.45, 2.75) is 6.92 Å². The molecule has 0 radical (unpaired) electrons. The standard InChI is InChI=1S/C14H10Br2ClNO/c1-8-2-5-12(17)13(6-8)18-14(19)10-7-9(15)3-4-11(10)16/h2-7H,1H3,(H,18,19). The molecule has 1 N–H and O–H groups in total. The number of aryl methyl sites for hydroxylation is 1. The topological polar surface area (TPSA) is 29.1 Å². The number of amides is 1. The van der Waals surface area contributed by atoms with E-state index in [0.717, 1.165) is 14.5 Å². The van der Waals surface area contributed by atoms with Crippen molar-refractivity contribution in [3.8, 4) is 0 Å². The van der Waals surface area contributed by atoms with Crippen molar-refractivity contribution < 1.29 is 4.79 Å². The summed E-state index contributed by atoms with van der Waals surface area (Å²) < 4.78 is 1.58. The lowest BCUT2D eigenvalue weighted by Crippen LogP contribution is -2.13. The summed E-state index contributed by atoms with van der Waals surface area (Å²) in [6.07, 6.45) is 0.